The average molecular weight is 287 g/mol. The second-order valence-corrected chi connectivity index (χ2v) is 6.50. The van der Waals surface area contributed by atoms with Crippen LogP contribution in [0.2, 0.25) is 0 Å². The molecule has 0 saturated carbocycles. The topological polar surface area (TPSA) is 102 Å². The van der Waals surface area contributed by atoms with Crippen molar-refractivity contribution in [1.29, 1.82) is 0 Å². The summed E-state index contributed by atoms with van der Waals surface area (Å²) < 4.78 is 25.6. The number of carbonyl (C=O) groups is 1. The molecule has 1 amide bonds. The fraction of sp³-hybridized carbons (Fsp3) is 0.600. The highest BCUT2D eigenvalue weighted by Crippen LogP contribution is 2.15. The van der Waals surface area contributed by atoms with Crippen LogP contribution in [0.25, 0.3) is 0 Å². The number of carbonyl (C=O) groups excluding carboxylic acids is 1. The van der Waals surface area contributed by atoms with Crippen LogP contribution < -0.4 is 5.73 Å². The highest BCUT2D eigenvalue weighted by molar-refractivity contribution is 7.88. The zero-order valence-electron chi connectivity index (χ0n) is 10.9. The lowest BCUT2D eigenvalue weighted by atomic mass is 10.2. The number of piperazine rings is 1. The molecule has 1 fully saturated rings. The molecule has 2 N–H and O–H groups in total. The van der Waals surface area contributed by atoms with Crippen LogP contribution in [0.15, 0.2) is 6.20 Å². The number of sulfonamides is 1. The van der Waals surface area contributed by atoms with E-state index in [0.29, 0.717) is 37.6 Å². The van der Waals surface area contributed by atoms with Crippen molar-refractivity contribution < 1.29 is 13.2 Å². The Kier molecular flexibility index (Phi) is 3.50. The number of nitrogens with two attached hydrogens (primary N) is 1. The molecule has 0 unspecified atom stereocenters. The van der Waals surface area contributed by atoms with Crippen molar-refractivity contribution in [2.24, 2.45) is 7.05 Å². The summed E-state index contributed by atoms with van der Waals surface area (Å²) in [7, 11) is -1.53. The first-order valence-electron chi connectivity index (χ1n) is 5.82. The van der Waals surface area contributed by atoms with Crippen LogP contribution in [-0.2, 0) is 17.1 Å². The molecule has 106 valence electrons. The van der Waals surface area contributed by atoms with E-state index in [-0.39, 0.29) is 5.91 Å². The third kappa shape index (κ3) is 2.71. The largest absolute Gasteiger partial charge is 0.383 e. The third-order valence-electron chi connectivity index (χ3n) is 3.21. The smallest absolute Gasteiger partial charge is 0.259 e. The molecule has 1 aromatic rings. The first-order chi connectivity index (χ1) is 8.80. The zero-order chi connectivity index (χ0) is 14.2. The Morgan fingerprint density at radius 1 is 1.32 bits per heavy atom. The van der Waals surface area contributed by atoms with Crippen molar-refractivity contribution in [1.82, 2.24) is 19.0 Å². The van der Waals surface area contributed by atoms with Crippen molar-refractivity contribution >= 4 is 21.7 Å². The fourth-order valence-electron chi connectivity index (χ4n) is 2.00. The summed E-state index contributed by atoms with van der Waals surface area (Å²) in [6.07, 6.45) is 2.60. The van der Waals surface area contributed by atoms with Gasteiger partial charge in [-0.25, -0.2) is 8.42 Å². The standard InChI is InChI=1S/C10H17N5O3S/c1-13-9(11)8(7-12-13)10(16)14-3-5-15(6-4-14)19(2,17)18/h7H,3-6,11H2,1-2H3. The summed E-state index contributed by atoms with van der Waals surface area (Å²) >= 11 is 0. The van der Waals surface area contributed by atoms with Crippen molar-refractivity contribution in [2.45, 2.75) is 0 Å². The maximum absolute atomic E-state index is 12.2. The molecule has 0 bridgehead atoms. The van der Waals surface area contributed by atoms with E-state index >= 15 is 0 Å². The predicted molar refractivity (Wildman–Crippen MR) is 69.9 cm³/mol. The average Bonchev–Trinajstić information content (AvgIpc) is 2.68. The number of hydrogen-bond donors (Lipinski definition) is 1. The van der Waals surface area contributed by atoms with Gasteiger partial charge >= 0.3 is 0 Å². The third-order valence-corrected chi connectivity index (χ3v) is 4.51. The molecule has 0 radical (unpaired) electrons. The number of hydrogen-bond acceptors (Lipinski definition) is 5. The number of anilines is 1. The number of aryl methyl sites for hydroxylation is 1. The number of amides is 1. The Labute approximate surface area is 111 Å². The van der Waals surface area contributed by atoms with Gasteiger partial charge in [-0.1, -0.05) is 0 Å². The molecule has 1 aromatic heterocycles. The van der Waals surface area contributed by atoms with Gasteiger partial charge in [0.05, 0.1) is 12.5 Å². The van der Waals surface area contributed by atoms with Crippen molar-refractivity contribution in [3.05, 3.63) is 11.8 Å². The first kappa shape index (κ1) is 13.8. The van der Waals surface area contributed by atoms with Crippen LogP contribution in [0.4, 0.5) is 5.82 Å². The summed E-state index contributed by atoms with van der Waals surface area (Å²) in [4.78, 5) is 13.8. The van der Waals surface area contributed by atoms with E-state index in [1.165, 1.54) is 21.4 Å². The van der Waals surface area contributed by atoms with E-state index in [2.05, 4.69) is 5.10 Å². The van der Waals surface area contributed by atoms with Crippen molar-refractivity contribution in [3.8, 4) is 0 Å². The molecule has 0 aromatic carbocycles. The maximum atomic E-state index is 12.2. The van der Waals surface area contributed by atoms with Crippen LogP contribution in [-0.4, -0.2) is 65.7 Å². The minimum Gasteiger partial charge on any atom is -0.383 e. The Morgan fingerprint density at radius 3 is 2.32 bits per heavy atom. The molecule has 2 rings (SSSR count). The lowest BCUT2D eigenvalue weighted by Crippen LogP contribution is -2.50. The lowest BCUT2D eigenvalue weighted by molar-refractivity contribution is 0.0699. The number of nitrogen functional groups attached to an aromatic ring is 1. The molecule has 0 aliphatic carbocycles. The SMILES string of the molecule is Cn1ncc(C(=O)N2CCN(S(C)(=O)=O)CC2)c1N. The van der Waals surface area contributed by atoms with Crippen LogP contribution >= 0.6 is 0 Å². The van der Waals surface area contributed by atoms with Crippen LogP contribution in [0.3, 0.4) is 0 Å². The second-order valence-electron chi connectivity index (χ2n) is 4.52. The minimum atomic E-state index is -3.19. The fourth-order valence-corrected chi connectivity index (χ4v) is 2.83. The van der Waals surface area contributed by atoms with Crippen LogP contribution in [0, 0.1) is 0 Å². The van der Waals surface area contributed by atoms with Crippen molar-refractivity contribution in [3.63, 3.8) is 0 Å². The van der Waals surface area contributed by atoms with Gasteiger partial charge in [-0.2, -0.15) is 9.40 Å². The quantitative estimate of drug-likeness (QED) is 0.730. The summed E-state index contributed by atoms with van der Waals surface area (Å²) in [5, 5.41) is 3.92. The summed E-state index contributed by atoms with van der Waals surface area (Å²) in [6.45, 7) is 1.34. The first-order valence-corrected chi connectivity index (χ1v) is 7.67. The van der Waals surface area contributed by atoms with Gasteiger partial charge in [-0.05, 0) is 0 Å². The van der Waals surface area contributed by atoms with E-state index in [1.54, 1.807) is 11.9 Å². The predicted octanol–water partition coefficient (Wildman–Crippen LogP) is -1.28. The molecule has 1 aliphatic rings. The van der Waals surface area contributed by atoms with Gasteiger partial charge in [0, 0.05) is 33.2 Å². The summed E-state index contributed by atoms with van der Waals surface area (Å²) in [5.41, 5.74) is 6.11. The molecule has 2 heterocycles. The molecule has 19 heavy (non-hydrogen) atoms. The molecular weight excluding hydrogens is 270 g/mol. The Hall–Kier alpha value is -1.61. The molecule has 1 aliphatic heterocycles. The van der Waals surface area contributed by atoms with E-state index in [9.17, 15) is 13.2 Å². The van der Waals surface area contributed by atoms with Gasteiger partial charge in [0.2, 0.25) is 10.0 Å². The van der Waals surface area contributed by atoms with Crippen molar-refractivity contribution in [2.75, 3.05) is 38.2 Å². The van der Waals surface area contributed by atoms with Gasteiger partial charge in [0.1, 0.15) is 11.4 Å². The number of rotatable bonds is 2. The van der Waals surface area contributed by atoms with Gasteiger partial charge in [0.25, 0.3) is 5.91 Å². The van der Waals surface area contributed by atoms with Crippen LogP contribution in [0.5, 0.6) is 0 Å². The van der Waals surface area contributed by atoms with Gasteiger partial charge < -0.3 is 10.6 Å². The summed E-state index contributed by atoms with van der Waals surface area (Å²) in [6, 6.07) is 0. The van der Waals surface area contributed by atoms with E-state index in [1.807, 2.05) is 0 Å². The van der Waals surface area contributed by atoms with E-state index in [0.717, 1.165) is 0 Å². The Morgan fingerprint density at radius 2 is 1.89 bits per heavy atom. The molecule has 0 spiro atoms. The summed E-state index contributed by atoms with van der Waals surface area (Å²) in [5.74, 6) is 0.106. The normalized spacial score (nSPS) is 17.7. The molecule has 9 heteroatoms. The minimum absolute atomic E-state index is 0.209. The highest BCUT2D eigenvalue weighted by atomic mass is 32.2. The second kappa shape index (κ2) is 4.82. The van der Waals surface area contributed by atoms with Gasteiger partial charge in [-0.3, -0.25) is 9.48 Å². The Bertz CT molecular complexity index is 586. The maximum Gasteiger partial charge on any atom is 0.259 e. The number of nitrogens with zero attached hydrogens (tertiary/aromatic N) is 4. The molecule has 8 nitrogen and oxygen atoms in total. The zero-order valence-corrected chi connectivity index (χ0v) is 11.7. The molecular formula is C10H17N5O3S. The molecule has 0 atom stereocenters. The van der Waals surface area contributed by atoms with E-state index in [4.69, 9.17) is 5.73 Å². The monoisotopic (exact) mass is 287 g/mol. The molecule has 1 saturated heterocycles. The highest BCUT2D eigenvalue weighted by Gasteiger charge is 2.28. The van der Waals surface area contributed by atoms with Gasteiger partial charge in [-0.15, -0.1) is 0 Å². The van der Waals surface area contributed by atoms with Crippen LogP contribution in [0.1, 0.15) is 10.4 Å². The Balaban J connectivity index is 2.06. The van der Waals surface area contributed by atoms with E-state index < -0.39 is 10.0 Å². The lowest BCUT2D eigenvalue weighted by Gasteiger charge is -2.33. The number of aromatic nitrogens is 2. The van der Waals surface area contributed by atoms with Gasteiger partial charge in [0.15, 0.2) is 0 Å².